The fraction of sp³-hybridized carbons (Fsp3) is 0.182. The summed E-state index contributed by atoms with van der Waals surface area (Å²) in [6.45, 7) is 2.02. The van der Waals surface area contributed by atoms with Crippen molar-refractivity contribution in [1.82, 2.24) is 4.98 Å². The molecule has 0 bridgehead atoms. The van der Waals surface area contributed by atoms with Crippen LogP contribution in [-0.4, -0.2) is 10.1 Å². The lowest BCUT2D eigenvalue weighted by Crippen LogP contribution is -1.99. The van der Waals surface area contributed by atoms with Gasteiger partial charge in [-0.1, -0.05) is 28.1 Å². The summed E-state index contributed by atoms with van der Waals surface area (Å²) in [5.41, 5.74) is 3.73. The number of aromatic nitrogens is 1. The van der Waals surface area contributed by atoms with E-state index < -0.39 is 6.10 Å². The SMILES string of the molecule is Cc1ccc(C(O)c2scnc2Br)c(Br)c1. The number of hydrogen-bond acceptors (Lipinski definition) is 3. The van der Waals surface area contributed by atoms with Crippen LogP contribution in [0.1, 0.15) is 22.1 Å². The number of hydrogen-bond donors (Lipinski definition) is 1. The van der Waals surface area contributed by atoms with Gasteiger partial charge in [0.1, 0.15) is 10.7 Å². The van der Waals surface area contributed by atoms with Gasteiger partial charge in [-0.3, -0.25) is 0 Å². The molecular formula is C11H9Br2NOS. The zero-order valence-electron chi connectivity index (χ0n) is 8.45. The van der Waals surface area contributed by atoms with Crippen molar-refractivity contribution in [2.45, 2.75) is 13.0 Å². The van der Waals surface area contributed by atoms with Crippen LogP contribution in [0.4, 0.5) is 0 Å². The van der Waals surface area contributed by atoms with Crippen molar-refractivity contribution < 1.29 is 5.11 Å². The minimum atomic E-state index is -0.642. The quantitative estimate of drug-likeness (QED) is 0.873. The van der Waals surface area contributed by atoms with Crippen molar-refractivity contribution >= 4 is 43.2 Å². The van der Waals surface area contributed by atoms with Gasteiger partial charge in [0.2, 0.25) is 0 Å². The second-order valence-electron chi connectivity index (χ2n) is 3.43. The van der Waals surface area contributed by atoms with Gasteiger partial charge < -0.3 is 5.11 Å². The van der Waals surface area contributed by atoms with E-state index in [0.29, 0.717) is 4.60 Å². The molecule has 0 saturated carbocycles. The molecule has 1 unspecified atom stereocenters. The third-order valence-corrected chi connectivity index (χ3v) is 4.71. The Morgan fingerprint density at radius 3 is 2.69 bits per heavy atom. The van der Waals surface area contributed by atoms with Gasteiger partial charge in [0.15, 0.2) is 0 Å². The Morgan fingerprint density at radius 1 is 1.38 bits per heavy atom. The molecule has 1 aromatic heterocycles. The number of halogens is 2. The molecule has 2 rings (SSSR count). The third kappa shape index (κ3) is 2.37. The highest BCUT2D eigenvalue weighted by molar-refractivity contribution is 9.10. The van der Waals surface area contributed by atoms with E-state index in [2.05, 4.69) is 36.8 Å². The van der Waals surface area contributed by atoms with Gasteiger partial charge in [0, 0.05) is 10.0 Å². The molecule has 2 nitrogen and oxygen atoms in total. The summed E-state index contributed by atoms with van der Waals surface area (Å²) in [6, 6.07) is 5.90. The van der Waals surface area contributed by atoms with E-state index in [-0.39, 0.29) is 0 Å². The molecule has 1 atom stereocenters. The van der Waals surface area contributed by atoms with Gasteiger partial charge in [0.25, 0.3) is 0 Å². The van der Waals surface area contributed by atoms with Gasteiger partial charge in [0.05, 0.1) is 10.4 Å². The lowest BCUT2D eigenvalue weighted by molar-refractivity contribution is 0.222. The minimum absolute atomic E-state index is 0.642. The second-order valence-corrected chi connectivity index (χ2v) is 5.93. The molecule has 16 heavy (non-hydrogen) atoms. The number of thiazole rings is 1. The molecule has 2 aromatic rings. The maximum atomic E-state index is 10.2. The summed E-state index contributed by atoms with van der Waals surface area (Å²) in [5, 5.41) is 10.2. The molecule has 84 valence electrons. The summed E-state index contributed by atoms with van der Waals surface area (Å²) in [4.78, 5) is 4.89. The van der Waals surface area contributed by atoms with Crippen LogP contribution in [0.3, 0.4) is 0 Å². The maximum Gasteiger partial charge on any atom is 0.123 e. The first-order chi connectivity index (χ1) is 7.59. The van der Waals surface area contributed by atoms with Gasteiger partial charge in [-0.05, 0) is 34.5 Å². The van der Waals surface area contributed by atoms with Crippen molar-refractivity contribution in [2.75, 3.05) is 0 Å². The number of rotatable bonds is 2. The van der Waals surface area contributed by atoms with Crippen molar-refractivity contribution in [2.24, 2.45) is 0 Å². The molecular weight excluding hydrogens is 354 g/mol. The van der Waals surface area contributed by atoms with E-state index in [1.807, 2.05) is 25.1 Å². The molecule has 0 saturated heterocycles. The molecule has 0 radical (unpaired) electrons. The Kier molecular flexibility index (Phi) is 3.79. The van der Waals surface area contributed by atoms with Crippen LogP contribution < -0.4 is 0 Å². The maximum absolute atomic E-state index is 10.2. The first kappa shape index (κ1) is 12.2. The topological polar surface area (TPSA) is 33.1 Å². The van der Waals surface area contributed by atoms with E-state index in [0.717, 1.165) is 20.5 Å². The van der Waals surface area contributed by atoms with E-state index in [1.54, 1.807) is 5.51 Å². The van der Waals surface area contributed by atoms with Crippen molar-refractivity contribution in [3.8, 4) is 0 Å². The average Bonchev–Trinajstić information content (AvgIpc) is 2.63. The van der Waals surface area contributed by atoms with Crippen LogP contribution in [0.5, 0.6) is 0 Å². The standard InChI is InChI=1S/C11H9Br2NOS/c1-6-2-3-7(8(12)4-6)9(15)10-11(13)14-5-16-10/h2-5,9,15H,1H3. The molecule has 0 aliphatic rings. The largest absolute Gasteiger partial charge is 0.383 e. The Balaban J connectivity index is 2.41. The van der Waals surface area contributed by atoms with Gasteiger partial charge >= 0.3 is 0 Å². The van der Waals surface area contributed by atoms with Crippen LogP contribution in [0.25, 0.3) is 0 Å². The molecule has 0 aliphatic carbocycles. The molecule has 0 aliphatic heterocycles. The monoisotopic (exact) mass is 361 g/mol. The van der Waals surface area contributed by atoms with Crippen molar-refractivity contribution in [1.29, 1.82) is 0 Å². The number of benzene rings is 1. The Morgan fingerprint density at radius 2 is 2.12 bits per heavy atom. The smallest absolute Gasteiger partial charge is 0.123 e. The summed E-state index contributed by atoms with van der Waals surface area (Å²) in [6.07, 6.45) is -0.642. The highest BCUT2D eigenvalue weighted by atomic mass is 79.9. The third-order valence-electron chi connectivity index (χ3n) is 2.25. The molecule has 0 fully saturated rings. The van der Waals surface area contributed by atoms with E-state index >= 15 is 0 Å². The zero-order chi connectivity index (χ0) is 11.7. The zero-order valence-corrected chi connectivity index (χ0v) is 12.4. The van der Waals surface area contributed by atoms with Gasteiger partial charge in [-0.2, -0.15) is 0 Å². The molecule has 1 N–H and O–H groups in total. The summed E-state index contributed by atoms with van der Waals surface area (Å²) in [5.74, 6) is 0. The summed E-state index contributed by atoms with van der Waals surface area (Å²) < 4.78 is 1.62. The van der Waals surface area contributed by atoms with Crippen LogP contribution >= 0.6 is 43.2 Å². The number of aliphatic hydroxyl groups is 1. The van der Waals surface area contributed by atoms with E-state index in [1.165, 1.54) is 11.3 Å². The Labute approximate surface area is 115 Å². The first-order valence-corrected chi connectivity index (χ1v) is 7.09. The molecule has 0 spiro atoms. The fourth-order valence-corrected chi connectivity index (χ4v) is 3.54. The number of nitrogens with zero attached hydrogens (tertiary/aromatic N) is 1. The fourth-order valence-electron chi connectivity index (χ4n) is 1.41. The Hall–Kier alpha value is -0.230. The predicted molar refractivity (Wildman–Crippen MR) is 72.8 cm³/mol. The van der Waals surface area contributed by atoms with Crippen molar-refractivity contribution in [3.05, 3.63) is 48.8 Å². The number of aryl methyl sites for hydroxylation is 1. The van der Waals surface area contributed by atoms with E-state index in [9.17, 15) is 5.11 Å². The van der Waals surface area contributed by atoms with Gasteiger partial charge in [-0.15, -0.1) is 11.3 Å². The minimum Gasteiger partial charge on any atom is -0.383 e. The van der Waals surface area contributed by atoms with Crippen LogP contribution in [-0.2, 0) is 0 Å². The first-order valence-electron chi connectivity index (χ1n) is 4.62. The summed E-state index contributed by atoms with van der Waals surface area (Å²) >= 11 is 8.23. The summed E-state index contributed by atoms with van der Waals surface area (Å²) in [7, 11) is 0. The second kappa shape index (κ2) is 4.96. The van der Waals surface area contributed by atoms with Crippen LogP contribution in [0.2, 0.25) is 0 Å². The van der Waals surface area contributed by atoms with E-state index in [4.69, 9.17) is 0 Å². The molecule has 1 heterocycles. The lowest BCUT2D eigenvalue weighted by atomic mass is 10.1. The Bertz CT molecular complexity index is 512. The van der Waals surface area contributed by atoms with Crippen LogP contribution in [0, 0.1) is 6.92 Å². The molecule has 1 aromatic carbocycles. The molecule has 5 heteroatoms. The normalized spacial score (nSPS) is 12.8. The van der Waals surface area contributed by atoms with Crippen LogP contribution in [0.15, 0.2) is 32.8 Å². The van der Waals surface area contributed by atoms with Crippen molar-refractivity contribution in [3.63, 3.8) is 0 Å². The average molecular weight is 363 g/mol. The highest BCUT2D eigenvalue weighted by Crippen LogP contribution is 2.34. The number of aliphatic hydroxyl groups excluding tert-OH is 1. The van der Waals surface area contributed by atoms with Gasteiger partial charge in [-0.25, -0.2) is 4.98 Å². The lowest BCUT2D eigenvalue weighted by Gasteiger charge is -2.11. The highest BCUT2D eigenvalue weighted by Gasteiger charge is 2.18. The molecule has 0 amide bonds. The predicted octanol–water partition coefficient (Wildman–Crippen LogP) is 4.06.